The van der Waals surface area contributed by atoms with Gasteiger partial charge in [0.15, 0.2) is 0 Å². The molecule has 0 saturated carbocycles. The molecule has 0 unspecified atom stereocenters. The topological polar surface area (TPSA) is 89.7 Å². The molecule has 4 atom stereocenters. The Bertz CT molecular complexity index is 713. The second-order valence-electron chi connectivity index (χ2n) is 6.39. The molecule has 3 aliphatic heterocycles. The summed E-state index contributed by atoms with van der Waals surface area (Å²) in [5.74, 6) is -1.85. The quantitative estimate of drug-likeness (QED) is 0.846. The summed E-state index contributed by atoms with van der Waals surface area (Å²) in [4.78, 5) is 39.8. The Labute approximate surface area is 137 Å². The molecule has 0 spiro atoms. The van der Waals surface area contributed by atoms with E-state index in [0.29, 0.717) is 17.0 Å². The number of hydrogen-bond acceptors (Lipinski definition) is 5. The van der Waals surface area contributed by atoms with Gasteiger partial charge in [0.2, 0.25) is 11.8 Å². The van der Waals surface area contributed by atoms with Crippen molar-refractivity contribution in [3.8, 4) is 0 Å². The normalized spacial score (nSPS) is 32.0. The number of nitrogens with two attached hydrogens (primary N) is 1. The number of aryl methyl sites for hydroxylation is 1. The summed E-state index contributed by atoms with van der Waals surface area (Å²) in [6, 6.07) is 0. The standard InChI is InChI=1S/C16H18N2O4S/c1-3-7-6(2)23-16(10(7)13(17)19)18-14(20)11-8-4-5-9(22-8)12(11)15(18)21/h8-9,11-12H,3-5H2,1-2H3,(H2,17,19)/t8-,9-,11-,12-/m0/s1. The minimum atomic E-state index is -0.585. The van der Waals surface area contributed by atoms with Gasteiger partial charge in [0.1, 0.15) is 5.00 Å². The third-order valence-corrected chi connectivity index (χ3v) is 6.41. The van der Waals surface area contributed by atoms with E-state index in [1.54, 1.807) is 0 Å². The van der Waals surface area contributed by atoms with Gasteiger partial charge in [-0.15, -0.1) is 11.3 Å². The fourth-order valence-electron chi connectivity index (χ4n) is 4.31. The molecule has 0 radical (unpaired) electrons. The Morgan fingerprint density at radius 2 is 1.83 bits per heavy atom. The maximum atomic E-state index is 12.9. The molecule has 7 heteroatoms. The van der Waals surface area contributed by atoms with E-state index in [1.807, 2.05) is 13.8 Å². The number of hydrogen-bond donors (Lipinski definition) is 1. The molecular weight excluding hydrogens is 316 g/mol. The van der Waals surface area contributed by atoms with Gasteiger partial charge in [0, 0.05) is 4.88 Å². The number of fused-ring (bicyclic) bond motifs is 5. The average Bonchev–Trinajstić information content (AvgIpc) is 3.22. The Morgan fingerprint density at radius 1 is 1.26 bits per heavy atom. The van der Waals surface area contributed by atoms with Crippen molar-refractivity contribution < 1.29 is 19.1 Å². The molecule has 3 fully saturated rings. The first kappa shape index (κ1) is 14.8. The zero-order valence-corrected chi connectivity index (χ0v) is 13.8. The largest absolute Gasteiger partial charge is 0.373 e. The van der Waals surface area contributed by atoms with Crippen LogP contribution in [-0.2, 0) is 20.7 Å². The van der Waals surface area contributed by atoms with Crippen LogP contribution in [0, 0.1) is 18.8 Å². The number of primary amides is 1. The molecule has 0 aliphatic carbocycles. The monoisotopic (exact) mass is 334 g/mol. The van der Waals surface area contributed by atoms with E-state index < -0.39 is 17.7 Å². The Balaban J connectivity index is 1.82. The van der Waals surface area contributed by atoms with Gasteiger partial charge in [0.05, 0.1) is 29.6 Å². The number of thiophene rings is 1. The van der Waals surface area contributed by atoms with E-state index in [1.165, 1.54) is 16.2 Å². The van der Waals surface area contributed by atoms with Crippen molar-refractivity contribution in [1.29, 1.82) is 0 Å². The Kier molecular flexibility index (Phi) is 3.15. The zero-order valence-electron chi connectivity index (χ0n) is 13.0. The second-order valence-corrected chi connectivity index (χ2v) is 7.59. The number of imide groups is 1. The minimum absolute atomic E-state index is 0.157. The summed E-state index contributed by atoms with van der Waals surface area (Å²) in [6.07, 6.45) is 1.97. The second kappa shape index (κ2) is 4.88. The molecule has 2 N–H and O–H groups in total. The fourth-order valence-corrected chi connectivity index (χ4v) is 5.57. The van der Waals surface area contributed by atoms with Crippen molar-refractivity contribution in [1.82, 2.24) is 0 Å². The molecule has 23 heavy (non-hydrogen) atoms. The lowest BCUT2D eigenvalue weighted by Crippen LogP contribution is -2.35. The highest BCUT2D eigenvalue weighted by molar-refractivity contribution is 7.17. The third-order valence-electron chi connectivity index (χ3n) is 5.28. The lowest BCUT2D eigenvalue weighted by atomic mass is 9.81. The van der Waals surface area contributed by atoms with E-state index in [4.69, 9.17) is 10.5 Å². The van der Waals surface area contributed by atoms with E-state index in [2.05, 4.69) is 0 Å². The molecule has 3 saturated heterocycles. The van der Waals surface area contributed by atoms with Gasteiger partial charge in [-0.3, -0.25) is 14.4 Å². The number of carbonyl (C=O) groups excluding carboxylic acids is 3. The van der Waals surface area contributed by atoms with Gasteiger partial charge in [-0.1, -0.05) is 6.92 Å². The molecule has 4 rings (SSSR count). The van der Waals surface area contributed by atoms with E-state index in [9.17, 15) is 14.4 Å². The van der Waals surface area contributed by atoms with Crippen LogP contribution in [-0.4, -0.2) is 29.9 Å². The van der Waals surface area contributed by atoms with Crippen LogP contribution < -0.4 is 10.6 Å². The van der Waals surface area contributed by atoms with Gasteiger partial charge in [-0.25, -0.2) is 4.90 Å². The molecule has 3 amide bonds. The molecule has 1 aromatic heterocycles. The number of carbonyl (C=O) groups is 3. The molecule has 3 aliphatic rings. The van der Waals surface area contributed by atoms with Crippen molar-refractivity contribution in [3.63, 3.8) is 0 Å². The van der Waals surface area contributed by atoms with E-state index in [0.717, 1.165) is 23.3 Å². The zero-order chi connectivity index (χ0) is 16.5. The number of nitrogens with zero attached hydrogens (tertiary/aromatic N) is 1. The predicted molar refractivity (Wildman–Crippen MR) is 84.3 cm³/mol. The molecule has 4 heterocycles. The molecule has 1 aromatic rings. The van der Waals surface area contributed by atoms with Crippen molar-refractivity contribution in [2.45, 2.75) is 45.3 Å². The van der Waals surface area contributed by atoms with Gasteiger partial charge in [-0.2, -0.15) is 0 Å². The average molecular weight is 334 g/mol. The van der Waals surface area contributed by atoms with Crippen molar-refractivity contribution in [3.05, 3.63) is 16.0 Å². The van der Waals surface area contributed by atoms with Crippen LogP contribution in [0.25, 0.3) is 0 Å². The van der Waals surface area contributed by atoms with Crippen LogP contribution in [0.1, 0.15) is 40.6 Å². The maximum absolute atomic E-state index is 12.9. The molecule has 122 valence electrons. The highest BCUT2D eigenvalue weighted by atomic mass is 32.1. The van der Waals surface area contributed by atoms with E-state index >= 15 is 0 Å². The number of rotatable bonds is 3. The smallest absolute Gasteiger partial charge is 0.252 e. The highest BCUT2D eigenvalue weighted by Gasteiger charge is 2.63. The molecule has 6 nitrogen and oxygen atoms in total. The minimum Gasteiger partial charge on any atom is -0.373 e. The number of anilines is 1. The lowest BCUT2D eigenvalue weighted by Gasteiger charge is -2.17. The summed E-state index contributed by atoms with van der Waals surface area (Å²) < 4.78 is 5.74. The van der Waals surface area contributed by atoms with Crippen LogP contribution in [0.4, 0.5) is 5.00 Å². The summed E-state index contributed by atoms with van der Waals surface area (Å²) in [7, 11) is 0. The Morgan fingerprint density at radius 3 is 2.30 bits per heavy atom. The van der Waals surface area contributed by atoms with Crippen LogP contribution >= 0.6 is 11.3 Å². The van der Waals surface area contributed by atoms with Gasteiger partial charge in [-0.05, 0) is 31.7 Å². The molecular formula is C16H18N2O4S. The maximum Gasteiger partial charge on any atom is 0.252 e. The lowest BCUT2D eigenvalue weighted by molar-refractivity contribution is -0.124. The SMILES string of the molecule is CCc1c(C)sc(N2C(=O)[C@@H]3[C@@H](C2=O)[C@@H]2CC[C@@H]3O2)c1C(N)=O. The summed E-state index contributed by atoms with van der Waals surface area (Å²) in [5, 5.41) is 0.399. The number of amides is 3. The van der Waals surface area contributed by atoms with Crippen molar-refractivity contribution in [2.24, 2.45) is 17.6 Å². The highest BCUT2D eigenvalue weighted by Crippen LogP contribution is 2.51. The first-order valence-corrected chi connectivity index (χ1v) is 8.72. The predicted octanol–water partition coefficient (Wildman–Crippen LogP) is 1.38. The third kappa shape index (κ3) is 1.80. The first-order valence-electron chi connectivity index (χ1n) is 7.91. The summed E-state index contributed by atoms with van der Waals surface area (Å²) in [6.45, 7) is 3.82. The van der Waals surface area contributed by atoms with Crippen LogP contribution in [0.5, 0.6) is 0 Å². The fraction of sp³-hybridized carbons (Fsp3) is 0.562. The summed E-state index contributed by atoms with van der Waals surface area (Å²) >= 11 is 1.30. The van der Waals surface area contributed by atoms with Crippen molar-refractivity contribution in [2.75, 3.05) is 4.90 Å². The van der Waals surface area contributed by atoms with Crippen molar-refractivity contribution >= 4 is 34.1 Å². The van der Waals surface area contributed by atoms with E-state index in [-0.39, 0.29) is 24.0 Å². The molecule has 0 aromatic carbocycles. The summed E-state index contributed by atoms with van der Waals surface area (Å²) in [5.41, 5.74) is 6.69. The van der Waals surface area contributed by atoms with Gasteiger partial charge >= 0.3 is 0 Å². The van der Waals surface area contributed by atoms with Crippen LogP contribution in [0.2, 0.25) is 0 Å². The van der Waals surface area contributed by atoms with Crippen LogP contribution in [0.15, 0.2) is 0 Å². The number of ether oxygens (including phenoxy) is 1. The Hall–Kier alpha value is -1.73. The first-order chi connectivity index (χ1) is 11.0. The molecule has 2 bridgehead atoms. The van der Waals surface area contributed by atoms with Gasteiger partial charge < -0.3 is 10.5 Å². The van der Waals surface area contributed by atoms with Crippen LogP contribution in [0.3, 0.4) is 0 Å². The van der Waals surface area contributed by atoms with Gasteiger partial charge in [0.25, 0.3) is 5.91 Å².